The van der Waals surface area contributed by atoms with Crippen LogP contribution in [0.1, 0.15) is 11.3 Å². The third-order valence-corrected chi connectivity index (χ3v) is 3.41. The van der Waals surface area contributed by atoms with Gasteiger partial charge in [-0.15, -0.1) is 0 Å². The first-order valence-electron chi connectivity index (χ1n) is 6.31. The molecule has 0 aliphatic heterocycles. The Kier molecular flexibility index (Phi) is 5.26. The average molecular weight is 350 g/mol. The van der Waals surface area contributed by atoms with Gasteiger partial charge in [0.25, 0.3) is 0 Å². The Bertz CT molecular complexity index is 672. The minimum atomic E-state index is -0.322. The van der Waals surface area contributed by atoms with E-state index in [0.29, 0.717) is 17.9 Å². The number of aliphatic hydroxyl groups is 1. The van der Waals surface area contributed by atoms with Crippen LogP contribution in [0.25, 0.3) is 0 Å². The normalized spacial score (nSPS) is 10.2. The van der Waals surface area contributed by atoms with Crippen molar-refractivity contribution in [3.05, 3.63) is 57.9 Å². The number of rotatable bonds is 5. The summed E-state index contributed by atoms with van der Waals surface area (Å²) in [6, 6.07) is 11.7. The predicted octanol–water partition coefficient (Wildman–Crippen LogP) is 2.85. The molecule has 4 nitrogen and oxygen atoms in total. The van der Waals surface area contributed by atoms with Gasteiger partial charge >= 0.3 is 0 Å². The second-order valence-electron chi connectivity index (χ2n) is 4.37. The summed E-state index contributed by atoms with van der Waals surface area (Å²) in [6.45, 7) is 0.468. The standard InChI is InChI=1S/C15H13BrFN3O/c16-12-4-5-14(17)11(8-12)10-20(6-7-21)15-3-1-2-13(9-18)19-15/h1-5,8,21H,6-7,10H2. The first-order chi connectivity index (χ1) is 10.1. The van der Waals surface area contributed by atoms with Gasteiger partial charge in [-0.1, -0.05) is 22.0 Å². The Morgan fingerprint density at radius 2 is 2.14 bits per heavy atom. The first-order valence-corrected chi connectivity index (χ1v) is 7.10. The van der Waals surface area contributed by atoms with E-state index < -0.39 is 0 Å². The van der Waals surface area contributed by atoms with Gasteiger partial charge in [-0.25, -0.2) is 9.37 Å². The number of nitriles is 1. The van der Waals surface area contributed by atoms with Crippen molar-refractivity contribution in [2.75, 3.05) is 18.1 Å². The van der Waals surface area contributed by atoms with Gasteiger partial charge in [0.15, 0.2) is 0 Å². The van der Waals surface area contributed by atoms with E-state index in [2.05, 4.69) is 20.9 Å². The summed E-state index contributed by atoms with van der Waals surface area (Å²) in [5.41, 5.74) is 0.770. The van der Waals surface area contributed by atoms with Crippen LogP contribution in [0.2, 0.25) is 0 Å². The van der Waals surface area contributed by atoms with Gasteiger partial charge in [0.2, 0.25) is 0 Å². The van der Waals surface area contributed by atoms with Crippen LogP contribution < -0.4 is 4.90 Å². The summed E-state index contributed by atoms with van der Waals surface area (Å²) >= 11 is 3.31. The molecule has 0 spiro atoms. The number of pyridine rings is 1. The van der Waals surface area contributed by atoms with Crippen molar-refractivity contribution in [2.24, 2.45) is 0 Å². The summed E-state index contributed by atoms with van der Waals surface area (Å²) < 4.78 is 14.6. The molecule has 0 fully saturated rings. The molecule has 0 radical (unpaired) electrons. The minimum absolute atomic E-state index is 0.0892. The van der Waals surface area contributed by atoms with Gasteiger partial charge < -0.3 is 10.0 Å². The Morgan fingerprint density at radius 3 is 2.86 bits per heavy atom. The van der Waals surface area contributed by atoms with Crippen LogP contribution in [0.4, 0.5) is 10.2 Å². The van der Waals surface area contributed by atoms with Crippen LogP contribution in [0.5, 0.6) is 0 Å². The maximum atomic E-state index is 13.8. The fraction of sp³-hybridized carbons (Fsp3) is 0.200. The lowest BCUT2D eigenvalue weighted by atomic mass is 10.2. The van der Waals surface area contributed by atoms with E-state index in [1.54, 1.807) is 35.2 Å². The molecule has 0 amide bonds. The highest BCUT2D eigenvalue weighted by Crippen LogP contribution is 2.20. The number of benzene rings is 1. The van der Waals surface area contributed by atoms with Gasteiger partial charge in [0.05, 0.1) is 6.61 Å². The fourth-order valence-electron chi connectivity index (χ4n) is 1.93. The molecule has 0 aliphatic carbocycles. The molecule has 2 rings (SSSR count). The SMILES string of the molecule is N#Cc1cccc(N(CCO)Cc2cc(Br)ccc2F)n1. The van der Waals surface area contributed by atoms with Crippen LogP contribution in [-0.2, 0) is 6.54 Å². The zero-order chi connectivity index (χ0) is 15.2. The van der Waals surface area contributed by atoms with Crippen molar-refractivity contribution in [1.29, 1.82) is 5.26 Å². The topological polar surface area (TPSA) is 60.2 Å². The molecule has 2 aromatic rings. The van der Waals surface area contributed by atoms with Gasteiger partial charge in [0, 0.05) is 23.1 Å². The van der Waals surface area contributed by atoms with Gasteiger partial charge in [-0.05, 0) is 30.3 Å². The Balaban J connectivity index is 2.30. The van der Waals surface area contributed by atoms with E-state index in [9.17, 15) is 9.50 Å². The predicted molar refractivity (Wildman–Crippen MR) is 81.2 cm³/mol. The van der Waals surface area contributed by atoms with Crippen molar-refractivity contribution < 1.29 is 9.50 Å². The van der Waals surface area contributed by atoms with E-state index in [1.165, 1.54) is 6.07 Å². The number of halogens is 2. The van der Waals surface area contributed by atoms with E-state index >= 15 is 0 Å². The Hall–Kier alpha value is -1.97. The highest BCUT2D eigenvalue weighted by molar-refractivity contribution is 9.10. The zero-order valence-electron chi connectivity index (χ0n) is 11.1. The molecule has 1 N–H and O–H groups in total. The van der Waals surface area contributed by atoms with Crippen LogP contribution >= 0.6 is 15.9 Å². The van der Waals surface area contributed by atoms with Crippen molar-refractivity contribution >= 4 is 21.7 Å². The molecular formula is C15H13BrFN3O. The molecule has 1 aromatic carbocycles. The van der Waals surface area contributed by atoms with Crippen molar-refractivity contribution in [2.45, 2.75) is 6.54 Å². The van der Waals surface area contributed by atoms with Gasteiger partial charge in [-0.3, -0.25) is 0 Å². The number of nitrogens with zero attached hydrogens (tertiary/aromatic N) is 3. The fourth-order valence-corrected chi connectivity index (χ4v) is 2.34. The van der Waals surface area contributed by atoms with Crippen LogP contribution in [0.3, 0.4) is 0 Å². The first kappa shape index (κ1) is 15.4. The molecule has 0 atom stereocenters. The lowest BCUT2D eigenvalue weighted by molar-refractivity contribution is 0.301. The van der Waals surface area contributed by atoms with Crippen LogP contribution in [-0.4, -0.2) is 23.2 Å². The smallest absolute Gasteiger partial charge is 0.142 e. The van der Waals surface area contributed by atoms with Crippen LogP contribution in [0, 0.1) is 17.1 Å². The molecule has 1 heterocycles. The number of aliphatic hydroxyl groups excluding tert-OH is 1. The van der Waals surface area contributed by atoms with Crippen molar-refractivity contribution in [3.8, 4) is 6.07 Å². The van der Waals surface area contributed by atoms with Gasteiger partial charge in [-0.2, -0.15) is 5.26 Å². The van der Waals surface area contributed by atoms with Crippen molar-refractivity contribution in [1.82, 2.24) is 4.98 Å². The summed E-state index contributed by atoms with van der Waals surface area (Å²) in [7, 11) is 0. The molecule has 108 valence electrons. The molecule has 21 heavy (non-hydrogen) atoms. The molecule has 0 bridgehead atoms. The van der Waals surface area contributed by atoms with E-state index in [1.807, 2.05) is 6.07 Å². The largest absolute Gasteiger partial charge is 0.395 e. The highest BCUT2D eigenvalue weighted by Gasteiger charge is 2.12. The minimum Gasteiger partial charge on any atom is -0.395 e. The average Bonchev–Trinajstić information content (AvgIpc) is 2.50. The summed E-state index contributed by atoms with van der Waals surface area (Å²) in [6.07, 6.45) is 0. The molecule has 1 aromatic heterocycles. The second kappa shape index (κ2) is 7.16. The quantitative estimate of drug-likeness (QED) is 0.901. The Morgan fingerprint density at radius 1 is 1.33 bits per heavy atom. The number of aromatic nitrogens is 1. The Labute approximate surface area is 130 Å². The van der Waals surface area contributed by atoms with Crippen molar-refractivity contribution in [3.63, 3.8) is 0 Å². The third kappa shape index (κ3) is 4.00. The summed E-state index contributed by atoms with van der Waals surface area (Å²) in [5, 5.41) is 18.1. The van der Waals surface area contributed by atoms with Gasteiger partial charge in [0.1, 0.15) is 23.4 Å². The monoisotopic (exact) mass is 349 g/mol. The molecular weight excluding hydrogens is 337 g/mol. The molecule has 0 saturated carbocycles. The number of anilines is 1. The summed E-state index contributed by atoms with van der Waals surface area (Å²) in [5.74, 6) is 0.208. The lowest BCUT2D eigenvalue weighted by Gasteiger charge is -2.23. The second-order valence-corrected chi connectivity index (χ2v) is 5.29. The van der Waals surface area contributed by atoms with E-state index in [4.69, 9.17) is 5.26 Å². The maximum Gasteiger partial charge on any atom is 0.142 e. The number of hydrogen-bond donors (Lipinski definition) is 1. The summed E-state index contributed by atoms with van der Waals surface area (Å²) in [4.78, 5) is 5.91. The number of hydrogen-bond acceptors (Lipinski definition) is 4. The zero-order valence-corrected chi connectivity index (χ0v) is 12.7. The maximum absolute atomic E-state index is 13.8. The third-order valence-electron chi connectivity index (χ3n) is 2.91. The van der Waals surface area contributed by atoms with Crippen LogP contribution in [0.15, 0.2) is 40.9 Å². The molecule has 0 unspecified atom stereocenters. The lowest BCUT2D eigenvalue weighted by Crippen LogP contribution is -2.27. The molecule has 0 saturated heterocycles. The van der Waals surface area contributed by atoms with E-state index in [0.717, 1.165) is 4.47 Å². The van der Waals surface area contributed by atoms with E-state index in [-0.39, 0.29) is 24.7 Å². The molecule has 6 heteroatoms. The highest BCUT2D eigenvalue weighted by atomic mass is 79.9. The molecule has 0 aliphatic rings.